The summed E-state index contributed by atoms with van der Waals surface area (Å²) in [5, 5.41) is 10.6. The van der Waals surface area contributed by atoms with Crippen LogP contribution in [0.2, 0.25) is 0 Å². The first-order chi connectivity index (χ1) is 13.3. The predicted octanol–water partition coefficient (Wildman–Crippen LogP) is 5.11. The first-order valence-electron chi connectivity index (χ1n) is 8.51. The average molecular weight is 358 g/mol. The molecule has 0 saturated heterocycles. The number of fused-ring (bicyclic) bond motifs is 1. The maximum Gasteiger partial charge on any atom is 0.246 e. The Hall–Kier alpha value is -3.60. The Balaban J connectivity index is 1.78. The summed E-state index contributed by atoms with van der Waals surface area (Å²) in [5.74, 6) is 2.27. The van der Waals surface area contributed by atoms with Crippen molar-refractivity contribution < 1.29 is 14.2 Å². The molecule has 0 aliphatic carbocycles. The van der Waals surface area contributed by atoms with Gasteiger partial charge in [-0.1, -0.05) is 48.5 Å². The van der Waals surface area contributed by atoms with E-state index in [4.69, 9.17) is 14.2 Å². The van der Waals surface area contributed by atoms with E-state index in [9.17, 15) is 0 Å². The maximum absolute atomic E-state index is 6.02. The summed E-state index contributed by atoms with van der Waals surface area (Å²) in [7, 11) is 3.19. The second kappa shape index (κ2) is 7.33. The van der Waals surface area contributed by atoms with E-state index in [1.54, 1.807) is 26.4 Å². The molecule has 5 heteroatoms. The van der Waals surface area contributed by atoms with Crippen molar-refractivity contribution in [1.82, 2.24) is 10.2 Å². The molecule has 0 saturated carbocycles. The van der Waals surface area contributed by atoms with E-state index < -0.39 is 0 Å². The van der Waals surface area contributed by atoms with Crippen LogP contribution in [-0.2, 0) is 0 Å². The van der Waals surface area contributed by atoms with Crippen LogP contribution in [-0.4, -0.2) is 24.4 Å². The minimum Gasteiger partial charge on any atom is -0.493 e. The molecule has 0 spiro atoms. The molecule has 5 nitrogen and oxygen atoms in total. The highest BCUT2D eigenvalue weighted by atomic mass is 16.5. The smallest absolute Gasteiger partial charge is 0.246 e. The average Bonchev–Trinajstić information content (AvgIpc) is 2.74. The molecule has 0 fully saturated rings. The van der Waals surface area contributed by atoms with Crippen molar-refractivity contribution in [2.45, 2.75) is 0 Å². The van der Waals surface area contributed by atoms with E-state index in [0.717, 1.165) is 22.0 Å². The van der Waals surface area contributed by atoms with Crippen LogP contribution >= 0.6 is 0 Å². The SMILES string of the molecule is COc1ccc(Oc2nnc(-c3ccccc3)c3ccccc23)cc1OC. The van der Waals surface area contributed by atoms with Gasteiger partial charge in [-0.15, -0.1) is 10.2 Å². The quantitative estimate of drug-likeness (QED) is 0.496. The van der Waals surface area contributed by atoms with Crippen molar-refractivity contribution in [3.05, 3.63) is 72.8 Å². The van der Waals surface area contributed by atoms with Gasteiger partial charge in [0.25, 0.3) is 0 Å². The number of hydrogen-bond acceptors (Lipinski definition) is 5. The first kappa shape index (κ1) is 16.8. The summed E-state index contributed by atoms with van der Waals surface area (Å²) >= 11 is 0. The minimum absolute atomic E-state index is 0.442. The van der Waals surface area contributed by atoms with Gasteiger partial charge in [-0.3, -0.25) is 0 Å². The topological polar surface area (TPSA) is 53.5 Å². The molecule has 0 aliphatic heterocycles. The van der Waals surface area contributed by atoms with Crippen LogP contribution in [0, 0.1) is 0 Å². The summed E-state index contributed by atoms with van der Waals surface area (Å²) in [6.45, 7) is 0. The van der Waals surface area contributed by atoms with Gasteiger partial charge in [0, 0.05) is 22.4 Å². The number of rotatable bonds is 5. The Bertz CT molecular complexity index is 1080. The van der Waals surface area contributed by atoms with Gasteiger partial charge in [0.05, 0.1) is 14.2 Å². The lowest BCUT2D eigenvalue weighted by Gasteiger charge is -2.12. The van der Waals surface area contributed by atoms with Gasteiger partial charge in [0.1, 0.15) is 11.4 Å². The third-order valence-corrected chi connectivity index (χ3v) is 4.27. The van der Waals surface area contributed by atoms with E-state index in [-0.39, 0.29) is 0 Å². The molecule has 0 N–H and O–H groups in total. The van der Waals surface area contributed by atoms with Gasteiger partial charge in [0.2, 0.25) is 5.88 Å². The van der Waals surface area contributed by atoms with Crippen LogP contribution < -0.4 is 14.2 Å². The highest BCUT2D eigenvalue weighted by molar-refractivity contribution is 5.97. The van der Waals surface area contributed by atoms with Gasteiger partial charge in [-0.25, -0.2) is 0 Å². The van der Waals surface area contributed by atoms with E-state index in [0.29, 0.717) is 23.1 Å². The Morgan fingerprint density at radius 3 is 2.11 bits per heavy atom. The van der Waals surface area contributed by atoms with E-state index in [1.165, 1.54) is 0 Å². The van der Waals surface area contributed by atoms with E-state index >= 15 is 0 Å². The number of methoxy groups -OCH3 is 2. The Labute approximate surface area is 157 Å². The van der Waals surface area contributed by atoms with Gasteiger partial charge < -0.3 is 14.2 Å². The fourth-order valence-corrected chi connectivity index (χ4v) is 2.96. The van der Waals surface area contributed by atoms with E-state index in [1.807, 2.05) is 60.7 Å². The largest absolute Gasteiger partial charge is 0.493 e. The van der Waals surface area contributed by atoms with Crippen LogP contribution in [0.15, 0.2) is 72.8 Å². The molecule has 0 radical (unpaired) electrons. The number of aromatic nitrogens is 2. The van der Waals surface area contributed by atoms with Crippen molar-refractivity contribution >= 4 is 10.8 Å². The molecule has 0 amide bonds. The third kappa shape index (κ3) is 3.27. The Morgan fingerprint density at radius 2 is 1.37 bits per heavy atom. The van der Waals surface area contributed by atoms with E-state index in [2.05, 4.69) is 10.2 Å². The monoisotopic (exact) mass is 358 g/mol. The number of nitrogens with zero attached hydrogens (tertiary/aromatic N) is 2. The van der Waals surface area contributed by atoms with Crippen LogP contribution in [0.1, 0.15) is 0 Å². The maximum atomic E-state index is 6.02. The van der Waals surface area contributed by atoms with Crippen molar-refractivity contribution in [2.75, 3.05) is 14.2 Å². The number of benzene rings is 3. The zero-order valence-corrected chi connectivity index (χ0v) is 15.0. The zero-order valence-electron chi connectivity index (χ0n) is 15.0. The molecule has 0 unspecified atom stereocenters. The summed E-state index contributed by atoms with van der Waals surface area (Å²) in [6.07, 6.45) is 0. The molecule has 0 atom stereocenters. The molecule has 1 aromatic heterocycles. The van der Waals surface area contributed by atoms with Crippen molar-refractivity contribution in [3.8, 4) is 34.4 Å². The number of ether oxygens (including phenoxy) is 3. The lowest BCUT2D eigenvalue weighted by atomic mass is 10.1. The van der Waals surface area contributed by atoms with Crippen LogP contribution in [0.5, 0.6) is 23.1 Å². The lowest BCUT2D eigenvalue weighted by Crippen LogP contribution is -1.96. The highest BCUT2D eigenvalue weighted by Gasteiger charge is 2.13. The van der Waals surface area contributed by atoms with Crippen molar-refractivity contribution in [3.63, 3.8) is 0 Å². The molecule has 4 rings (SSSR count). The van der Waals surface area contributed by atoms with Gasteiger partial charge in [-0.2, -0.15) is 0 Å². The fraction of sp³-hybridized carbons (Fsp3) is 0.0909. The van der Waals surface area contributed by atoms with Gasteiger partial charge in [-0.05, 0) is 18.2 Å². The second-order valence-corrected chi connectivity index (χ2v) is 5.88. The Kier molecular flexibility index (Phi) is 4.58. The Morgan fingerprint density at radius 1 is 0.667 bits per heavy atom. The van der Waals surface area contributed by atoms with Crippen LogP contribution in [0.4, 0.5) is 0 Å². The molecule has 27 heavy (non-hydrogen) atoms. The van der Waals surface area contributed by atoms with Crippen molar-refractivity contribution in [2.24, 2.45) is 0 Å². The highest BCUT2D eigenvalue weighted by Crippen LogP contribution is 2.36. The molecule has 4 aromatic rings. The standard InChI is InChI=1S/C22H18N2O3/c1-25-19-13-12-16(14-20(19)26-2)27-22-18-11-7-6-10-17(18)21(23-24-22)15-8-4-3-5-9-15/h3-14H,1-2H3. The molecular weight excluding hydrogens is 340 g/mol. The lowest BCUT2D eigenvalue weighted by molar-refractivity contribution is 0.351. The molecular formula is C22H18N2O3. The van der Waals surface area contributed by atoms with Gasteiger partial charge >= 0.3 is 0 Å². The first-order valence-corrected chi connectivity index (χ1v) is 8.51. The van der Waals surface area contributed by atoms with Crippen LogP contribution in [0.25, 0.3) is 22.0 Å². The van der Waals surface area contributed by atoms with Crippen LogP contribution in [0.3, 0.4) is 0 Å². The number of hydrogen-bond donors (Lipinski definition) is 0. The molecule has 0 bridgehead atoms. The minimum atomic E-state index is 0.442. The third-order valence-electron chi connectivity index (χ3n) is 4.27. The zero-order chi connectivity index (χ0) is 18.6. The summed E-state index contributed by atoms with van der Waals surface area (Å²) in [6, 6.07) is 23.3. The van der Waals surface area contributed by atoms with Gasteiger partial charge in [0.15, 0.2) is 11.5 Å². The summed E-state index contributed by atoms with van der Waals surface area (Å²) in [4.78, 5) is 0. The molecule has 1 heterocycles. The molecule has 134 valence electrons. The molecule has 0 aliphatic rings. The summed E-state index contributed by atoms with van der Waals surface area (Å²) in [5.41, 5.74) is 1.84. The fourth-order valence-electron chi connectivity index (χ4n) is 2.96. The second-order valence-electron chi connectivity index (χ2n) is 5.88. The van der Waals surface area contributed by atoms with Crippen molar-refractivity contribution in [1.29, 1.82) is 0 Å². The summed E-state index contributed by atoms with van der Waals surface area (Å²) < 4.78 is 16.6. The predicted molar refractivity (Wildman–Crippen MR) is 105 cm³/mol. The molecule has 3 aromatic carbocycles. The normalized spacial score (nSPS) is 10.6.